The van der Waals surface area contributed by atoms with Crippen LogP contribution in [0.1, 0.15) is 19.3 Å². The van der Waals surface area contributed by atoms with E-state index in [1.807, 2.05) is 0 Å². The average molecular weight is 287 g/mol. The second-order valence-corrected chi connectivity index (χ2v) is 5.84. The standard InChI is InChI=1S/C12H21N3O3S/c1-18-8-4-2-3-7-15-12-6-5-10(9-11(12)13)19(14,16)17/h5-6,9,15H,2-4,7-8,13H2,1H3,(H2,14,16,17). The highest BCUT2D eigenvalue weighted by molar-refractivity contribution is 7.89. The summed E-state index contributed by atoms with van der Waals surface area (Å²) in [7, 11) is -2.01. The maximum Gasteiger partial charge on any atom is 0.238 e. The molecule has 0 aliphatic rings. The maximum absolute atomic E-state index is 11.1. The molecule has 0 aliphatic carbocycles. The fraction of sp³-hybridized carbons (Fsp3) is 0.500. The Bertz CT molecular complexity index is 503. The van der Waals surface area contributed by atoms with Crippen molar-refractivity contribution >= 4 is 21.4 Å². The number of nitrogens with one attached hydrogen (secondary N) is 1. The number of methoxy groups -OCH3 is 1. The van der Waals surface area contributed by atoms with Crippen molar-refractivity contribution in [3.05, 3.63) is 18.2 Å². The van der Waals surface area contributed by atoms with E-state index in [2.05, 4.69) is 5.32 Å². The quantitative estimate of drug-likeness (QED) is 0.491. The zero-order chi connectivity index (χ0) is 14.3. The molecule has 1 aromatic carbocycles. The molecular formula is C12H21N3O3S. The third-order valence-corrected chi connectivity index (χ3v) is 3.60. The highest BCUT2D eigenvalue weighted by atomic mass is 32.2. The van der Waals surface area contributed by atoms with E-state index in [1.54, 1.807) is 13.2 Å². The van der Waals surface area contributed by atoms with E-state index < -0.39 is 10.0 Å². The van der Waals surface area contributed by atoms with Gasteiger partial charge in [-0.05, 0) is 37.5 Å². The summed E-state index contributed by atoms with van der Waals surface area (Å²) in [5.41, 5.74) is 6.88. The number of nitrogen functional groups attached to an aromatic ring is 1. The van der Waals surface area contributed by atoms with E-state index in [4.69, 9.17) is 15.6 Å². The van der Waals surface area contributed by atoms with Crippen LogP contribution < -0.4 is 16.2 Å². The van der Waals surface area contributed by atoms with Gasteiger partial charge < -0.3 is 15.8 Å². The van der Waals surface area contributed by atoms with Gasteiger partial charge >= 0.3 is 0 Å². The molecule has 0 unspecified atom stereocenters. The molecular weight excluding hydrogens is 266 g/mol. The highest BCUT2D eigenvalue weighted by Gasteiger charge is 2.09. The molecule has 0 fully saturated rings. The lowest BCUT2D eigenvalue weighted by atomic mass is 10.2. The van der Waals surface area contributed by atoms with E-state index in [0.717, 1.165) is 38.1 Å². The minimum atomic E-state index is -3.70. The first-order chi connectivity index (χ1) is 8.95. The van der Waals surface area contributed by atoms with Crippen LogP contribution >= 0.6 is 0 Å². The number of hydrogen-bond acceptors (Lipinski definition) is 5. The van der Waals surface area contributed by atoms with Crippen LogP contribution in [0.4, 0.5) is 11.4 Å². The third kappa shape index (κ3) is 5.46. The fourth-order valence-electron chi connectivity index (χ4n) is 1.65. The lowest BCUT2D eigenvalue weighted by Gasteiger charge is -2.10. The van der Waals surface area contributed by atoms with Crippen molar-refractivity contribution < 1.29 is 13.2 Å². The molecule has 0 saturated carbocycles. The SMILES string of the molecule is COCCCCCNc1ccc(S(N)(=O)=O)cc1N. The van der Waals surface area contributed by atoms with Crippen LogP contribution in [0.5, 0.6) is 0 Å². The summed E-state index contributed by atoms with van der Waals surface area (Å²) in [6, 6.07) is 4.44. The molecule has 0 saturated heterocycles. The van der Waals surface area contributed by atoms with E-state index in [1.165, 1.54) is 12.1 Å². The molecule has 0 bridgehead atoms. The number of hydrogen-bond donors (Lipinski definition) is 3. The average Bonchev–Trinajstić information content (AvgIpc) is 2.34. The molecule has 1 rings (SSSR count). The van der Waals surface area contributed by atoms with Crippen LogP contribution in [0.25, 0.3) is 0 Å². The normalized spacial score (nSPS) is 11.5. The molecule has 0 atom stereocenters. The molecule has 0 aromatic heterocycles. The van der Waals surface area contributed by atoms with E-state index in [9.17, 15) is 8.42 Å². The minimum absolute atomic E-state index is 0.0237. The molecule has 6 nitrogen and oxygen atoms in total. The van der Waals surface area contributed by atoms with E-state index in [-0.39, 0.29) is 4.90 Å². The molecule has 0 amide bonds. The van der Waals surface area contributed by atoms with Crippen molar-refractivity contribution in [2.24, 2.45) is 5.14 Å². The maximum atomic E-state index is 11.1. The molecule has 1 aromatic rings. The van der Waals surface area contributed by atoms with Gasteiger partial charge in [0.15, 0.2) is 0 Å². The lowest BCUT2D eigenvalue weighted by Crippen LogP contribution is -2.13. The summed E-state index contributed by atoms with van der Waals surface area (Å²) < 4.78 is 27.3. The Hall–Kier alpha value is -1.31. The molecule has 0 aliphatic heterocycles. The van der Waals surface area contributed by atoms with Crippen LogP contribution in [0.3, 0.4) is 0 Å². The van der Waals surface area contributed by atoms with Gasteiger partial charge in [0.2, 0.25) is 10.0 Å². The summed E-state index contributed by atoms with van der Waals surface area (Å²) in [4.78, 5) is 0.0237. The third-order valence-electron chi connectivity index (χ3n) is 2.69. The van der Waals surface area contributed by atoms with Crippen molar-refractivity contribution in [2.45, 2.75) is 24.2 Å². The Balaban J connectivity index is 2.47. The predicted octanol–water partition coefficient (Wildman–Crippen LogP) is 1.14. The number of ether oxygens (including phenoxy) is 1. The van der Waals surface area contributed by atoms with Crippen molar-refractivity contribution in [1.29, 1.82) is 0 Å². The number of sulfonamides is 1. The van der Waals surface area contributed by atoms with Gasteiger partial charge in [-0.15, -0.1) is 0 Å². The van der Waals surface area contributed by atoms with Gasteiger partial charge in [-0.3, -0.25) is 0 Å². The van der Waals surface area contributed by atoms with Crippen LogP contribution in [0.2, 0.25) is 0 Å². The van der Waals surface area contributed by atoms with Gasteiger partial charge in [-0.2, -0.15) is 0 Å². The van der Waals surface area contributed by atoms with Gasteiger partial charge in [0.1, 0.15) is 0 Å². The number of unbranched alkanes of at least 4 members (excludes halogenated alkanes) is 2. The number of primary sulfonamides is 1. The number of rotatable bonds is 8. The summed E-state index contributed by atoms with van der Waals surface area (Å²) in [6.07, 6.45) is 3.09. The second kappa shape index (κ2) is 7.32. The largest absolute Gasteiger partial charge is 0.397 e. The Labute approximate surface area is 114 Å². The van der Waals surface area contributed by atoms with Gasteiger partial charge in [0.25, 0.3) is 0 Å². The van der Waals surface area contributed by atoms with Gasteiger partial charge in [0.05, 0.1) is 16.3 Å². The Morgan fingerprint density at radius 2 is 2.00 bits per heavy atom. The lowest BCUT2D eigenvalue weighted by molar-refractivity contribution is 0.192. The number of benzene rings is 1. The van der Waals surface area contributed by atoms with Crippen LogP contribution in [0.15, 0.2) is 23.1 Å². The molecule has 108 valence electrons. The molecule has 19 heavy (non-hydrogen) atoms. The number of nitrogens with two attached hydrogens (primary N) is 2. The van der Waals surface area contributed by atoms with E-state index in [0.29, 0.717) is 5.69 Å². The fourth-order valence-corrected chi connectivity index (χ4v) is 2.20. The van der Waals surface area contributed by atoms with Crippen molar-refractivity contribution in [3.8, 4) is 0 Å². The van der Waals surface area contributed by atoms with Gasteiger partial charge in [-0.25, -0.2) is 13.6 Å². The van der Waals surface area contributed by atoms with E-state index >= 15 is 0 Å². The van der Waals surface area contributed by atoms with Crippen molar-refractivity contribution in [1.82, 2.24) is 0 Å². The van der Waals surface area contributed by atoms with Crippen LogP contribution in [0, 0.1) is 0 Å². The van der Waals surface area contributed by atoms with Crippen molar-refractivity contribution in [3.63, 3.8) is 0 Å². The van der Waals surface area contributed by atoms with Gasteiger partial charge in [-0.1, -0.05) is 0 Å². The highest BCUT2D eigenvalue weighted by Crippen LogP contribution is 2.21. The molecule has 0 radical (unpaired) electrons. The zero-order valence-corrected chi connectivity index (χ0v) is 11.9. The molecule has 5 N–H and O–H groups in total. The minimum Gasteiger partial charge on any atom is -0.397 e. The Morgan fingerprint density at radius 1 is 1.26 bits per heavy atom. The topological polar surface area (TPSA) is 107 Å². The smallest absolute Gasteiger partial charge is 0.238 e. The second-order valence-electron chi connectivity index (χ2n) is 4.27. The predicted molar refractivity (Wildman–Crippen MR) is 76.4 cm³/mol. The molecule has 7 heteroatoms. The molecule has 0 heterocycles. The Morgan fingerprint density at radius 3 is 2.58 bits per heavy atom. The monoisotopic (exact) mass is 287 g/mol. The van der Waals surface area contributed by atoms with Gasteiger partial charge in [0, 0.05) is 20.3 Å². The zero-order valence-electron chi connectivity index (χ0n) is 11.1. The first kappa shape index (κ1) is 15.7. The summed E-state index contributed by atoms with van der Waals surface area (Å²) in [5.74, 6) is 0. The summed E-state index contributed by atoms with van der Waals surface area (Å²) >= 11 is 0. The first-order valence-electron chi connectivity index (χ1n) is 6.10. The van der Waals surface area contributed by atoms with Crippen LogP contribution in [-0.4, -0.2) is 28.7 Å². The summed E-state index contributed by atoms with van der Waals surface area (Å²) in [6.45, 7) is 1.55. The number of anilines is 2. The Kier molecular flexibility index (Phi) is 6.07. The summed E-state index contributed by atoms with van der Waals surface area (Å²) in [5, 5.41) is 8.20. The molecule has 0 spiro atoms. The van der Waals surface area contributed by atoms with Crippen molar-refractivity contribution in [2.75, 3.05) is 31.3 Å². The van der Waals surface area contributed by atoms with Crippen LogP contribution in [-0.2, 0) is 14.8 Å². The first-order valence-corrected chi connectivity index (χ1v) is 7.65.